The number of amides is 3. The van der Waals surface area contributed by atoms with Crippen LogP contribution in [0.15, 0.2) is 0 Å². The lowest BCUT2D eigenvalue weighted by Crippen LogP contribution is -2.51. The predicted octanol–water partition coefficient (Wildman–Crippen LogP) is 0.296. The number of nitrogens with one attached hydrogen (secondary N) is 2. The van der Waals surface area contributed by atoms with Gasteiger partial charge in [0.2, 0.25) is 5.91 Å². The zero-order valence-electron chi connectivity index (χ0n) is 11.8. The first-order valence-corrected chi connectivity index (χ1v) is 6.19. The van der Waals surface area contributed by atoms with Crippen molar-refractivity contribution in [1.29, 1.82) is 0 Å². The number of carbonyl (C=O) groups excluding carboxylic acids is 2. The highest BCUT2D eigenvalue weighted by molar-refractivity contribution is 5.84. The lowest BCUT2D eigenvalue weighted by molar-refractivity contribution is -0.140. The average molecular weight is 273 g/mol. The Morgan fingerprint density at radius 1 is 1.32 bits per heavy atom. The van der Waals surface area contributed by atoms with Crippen molar-refractivity contribution >= 4 is 17.9 Å². The summed E-state index contributed by atoms with van der Waals surface area (Å²) in [6.45, 7) is 6.82. The molecular formula is C12H23N3O4. The van der Waals surface area contributed by atoms with Gasteiger partial charge in [-0.15, -0.1) is 0 Å². The molecule has 2 atom stereocenters. The van der Waals surface area contributed by atoms with Gasteiger partial charge in [-0.3, -0.25) is 4.79 Å². The van der Waals surface area contributed by atoms with Crippen LogP contribution in [0.3, 0.4) is 0 Å². The SMILES string of the molecule is CCC(C)[C@H](NC(=O)NCC(C)(C)C(N)=O)C(=O)O. The van der Waals surface area contributed by atoms with E-state index in [4.69, 9.17) is 10.8 Å². The number of urea groups is 1. The number of primary amides is 1. The van der Waals surface area contributed by atoms with E-state index in [9.17, 15) is 14.4 Å². The number of carbonyl (C=O) groups is 3. The minimum absolute atomic E-state index is 0.0427. The predicted molar refractivity (Wildman–Crippen MR) is 70.4 cm³/mol. The molecule has 0 bridgehead atoms. The monoisotopic (exact) mass is 273 g/mol. The van der Waals surface area contributed by atoms with E-state index in [1.165, 1.54) is 0 Å². The first-order chi connectivity index (χ1) is 8.61. The molecule has 0 aromatic rings. The van der Waals surface area contributed by atoms with Crippen molar-refractivity contribution in [2.75, 3.05) is 6.54 Å². The third-order valence-electron chi connectivity index (χ3n) is 3.12. The number of carboxylic acids is 1. The van der Waals surface area contributed by atoms with Crippen molar-refractivity contribution in [1.82, 2.24) is 10.6 Å². The zero-order valence-corrected chi connectivity index (χ0v) is 11.8. The average Bonchev–Trinajstić information content (AvgIpc) is 2.32. The fourth-order valence-electron chi connectivity index (χ4n) is 1.26. The molecule has 3 amide bonds. The molecule has 0 aromatic heterocycles. The number of aliphatic carboxylic acids is 1. The van der Waals surface area contributed by atoms with Crippen LogP contribution < -0.4 is 16.4 Å². The molecule has 19 heavy (non-hydrogen) atoms. The molecule has 0 heterocycles. The van der Waals surface area contributed by atoms with E-state index in [0.717, 1.165) is 0 Å². The van der Waals surface area contributed by atoms with Crippen molar-refractivity contribution in [3.63, 3.8) is 0 Å². The standard InChI is InChI=1S/C12H23N3O4/c1-5-7(2)8(9(16)17)15-11(19)14-6-12(3,4)10(13)18/h7-8H,5-6H2,1-4H3,(H2,13,18)(H,16,17)(H2,14,15,19)/t7?,8-/m0/s1. The Bertz CT molecular complexity index is 355. The molecule has 0 aromatic carbocycles. The summed E-state index contributed by atoms with van der Waals surface area (Å²) >= 11 is 0. The molecule has 5 N–H and O–H groups in total. The van der Waals surface area contributed by atoms with Crippen LogP contribution in [0.25, 0.3) is 0 Å². The van der Waals surface area contributed by atoms with Gasteiger partial charge in [0.05, 0.1) is 5.41 Å². The number of hydrogen-bond donors (Lipinski definition) is 4. The van der Waals surface area contributed by atoms with Gasteiger partial charge in [-0.05, 0) is 19.8 Å². The van der Waals surface area contributed by atoms with E-state index in [1.807, 2.05) is 6.92 Å². The second-order valence-electron chi connectivity index (χ2n) is 5.28. The summed E-state index contributed by atoms with van der Waals surface area (Å²) < 4.78 is 0. The Hall–Kier alpha value is -1.79. The highest BCUT2D eigenvalue weighted by Gasteiger charge is 2.28. The van der Waals surface area contributed by atoms with Crippen LogP contribution in [0, 0.1) is 11.3 Å². The first-order valence-electron chi connectivity index (χ1n) is 6.19. The van der Waals surface area contributed by atoms with Gasteiger partial charge in [0.1, 0.15) is 6.04 Å². The van der Waals surface area contributed by atoms with E-state index in [0.29, 0.717) is 6.42 Å². The summed E-state index contributed by atoms with van der Waals surface area (Å²) in [5.41, 5.74) is 4.29. The van der Waals surface area contributed by atoms with Crippen LogP contribution in [-0.4, -0.2) is 35.6 Å². The van der Waals surface area contributed by atoms with E-state index in [2.05, 4.69) is 10.6 Å². The van der Waals surface area contributed by atoms with Gasteiger partial charge in [-0.1, -0.05) is 20.3 Å². The maximum Gasteiger partial charge on any atom is 0.326 e. The molecule has 0 spiro atoms. The van der Waals surface area contributed by atoms with Crippen LogP contribution in [0.4, 0.5) is 4.79 Å². The van der Waals surface area contributed by atoms with Crippen LogP contribution >= 0.6 is 0 Å². The molecule has 0 aliphatic heterocycles. The fourth-order valence-corrected chi connectivity index (χ4v) is 1.26. The molecule has 0 saturated carbocycles. The number of carboxylic acid groups (broad SMARTS) is 1. The molecule has 0 rings (SSSR count). The molecule has 0 fully saturated rings. The summed E-state index contributed by atoms with van der Waals surface area (Å²) in [5, 5.41) is 13.9. The number of rotatable bonds is 7. The second kappa shape index (κ2) is 6.96. The van der Waals surface area contributed by atoms with Gasteiger partial charge >= 0.3 is 12.0 Å². The minimum atomic E-state index is -1.08. The van der Waals surface area contributed by atoms with Gasteiger partial charge in [0, 0.05) is 6.54 Å². The molecular weight excluding hydrogens is 250 g/mol. The summed E-state index contributed by atoms with van der Waals surface area (Å²) in [6, 6.07) is -1.58. The summed E-state index contributed by atoms with van der Waals surface area (Å²) in [6.07, 6.45) is 0.629. The largest absolute Gasteiger partial charge is 0.480 e. The maximum atomic E-state index is 11.6. The fraction of sp³-hybridized carbons (Fsp3) is 0.750. The smallest absolute Gasteiger partial charge is 0.326 e. The van der Waals surface area contributed by atoms with E-state index in [1.54, 1.807) is 20.8 Å². The van der Waals surface area contributed by atoms with Crippen LogP contribution in [0.2, 0.25) is 0 Å². The molecule has 0 radical (unpaired) electrons. The normalized spacial score (nSPS) is 14.3. The minimum Gasteiger partial charge on any atom is -0.480 e. The Morgan fingerprint density at radius 3 is 2.21 bits per heavy atom. The molecule has 0 aliphatic rings. The summed E-state index contributed by atoms with van der Waals surface area (Å²) in [7, 11) is 0. The Morgan fingerprint density at radius 2 is 1.84 bits per heavy atom. The van der Waals surface area contributed by atoms with Gasteiger partial charge in [0.15, 0.2) is 0 Å². The van der Waals surface area contributed by atoms with Crippen molar-refractivity contribution < 1.29 is 19.5 Å². The number of nitrogens with two attached hydrogens (primary N) is 1. The van der Waals surface area contributed by atoms with Crippen molar-refractivity contribution in [2.45, 2.75) is 40.2 Å². The van der Waals surface area contributed by atoms with Crippen molar-refractivity contribution in [3.8, 4) is 0 Å². The van der Waals surface area contributed by atoms with E-state index in [-0.39, 0.29) is 12.5 Å². The van der Waals surface area contributed by atoms with Crippen molar-refractivity contribution in [3.05, 3.63) is 0 Å². The van der Waals surface area contributed by atoms with Crippen LogP contribution in [0.5, 0.6) is 0 Å². The first kappa shape index (κ1) is 17.2. The quantitative estimate of drug-likeness (QED) is 0.532. The summed E-state index contributed by atoms with van der Waals surface area (Å²) in [5.74, 6) is -1.81. The lowest BCUT2D eigenvalue weighted by Gasteiger charge is -2.23. The Labute approximate surface area is 112 Å². The highest BCUT2D eigenvalue weighted by Crippen LogP contribution is 2.12. The van der Waals surface area contributed by atoms with Gasteiger partial charge in [-0.25, -0.2) is 9.59 Å². The zero-order chi connectivity index (χ0) is 15.2. The molecule has 1 unspecified atom stereocenters. The Kier molecular flexibility index (Phi) is 6.31. The summed E-state index contributed by atoms with van der Waals surface area (Å²) in [4.78, 5) is 33.7. The van der Waals surface area contributed by atoms with E-state index >= 15 is 0 Å². The second-order valence-corrected chi connectivity index (χ2v) is 5.28. The lowest BCUT2D eigenvalue weighted by atomic mass is 9.93. The number of hydrogen-bond acceptors (Lipinski definition) is 3. The Balaban J connectivity index is 4.44. The molecule has 0 saturated heterocycles. The maximum absolute atomic E-state index is 11.6. The van der Waals surface area contributed by atoms with Gasteiger partial charge in [-0.2, -0.15) is 0 Å². The molecule has 7 nitrogen and oxygen atoms in total. The molecule has 7 heteroatoms. The van der Waals surface area contributed by atoms with E-state index < -0.39 is 29.4 Å². The van der Waals surface area contributed by atoms with Gasteiger partial charge < -0.3 is 21.5 Å². The molecule has 110 valence electrons. The topological polar surface area (TPSA) is 122 Å². The van der Waals surface area contributed by atoms with Gasteiger partial charge in [0.25, 0.3) is 0 Å². The third kappa shape index (κ3) is 5.58. The van der Waals surface area contributed by atoms with Crippen LogP contribution in [0.1, 0.15) is 34.1 Å². The van der Waals surface area contributed by atoms with Crippen LogP contribution in [-0.2, 0) is 9.59 Å². The highest BCUT2D eigenvalue weighted by atomic mass is 16.4. The molecule has 0 aliphatic carbocycles. The third-order valence-corrected chi connectivity index (χ3v) is 3.12. The van der Waals surface area contributed by atoms with Crippen molar-refractivity contribution in [2.24, 2.45) is 17.1 Å².